The number of rotatable bonds is 4. The molecule has 0 saturated carbocycles. The quantitative estimate of drug-likeness (QED) is 0.676. The molecule has 0 aliphatic heterocycles. The fourth-order valence-corrected chi connectivity index (χ4v) is 2.49. The van der Waals surface area contributed by atoms with Crippen molar-refractivity contribution in [1.29, 1.82) is 0 Å². The lowest BCUT2D eigenvalue weighted by molar-refractivity contribution is 0.102. The summed E-state index contributed by atoms with van der Waals surface area (Å²) in [7, 11) is 1.54. The van der Waals surface area contributed by atoms with Gasteiger partial charge in [0.15, 0.2) is 0 Å². The van der Waals surface area contributed by atoms with Crippen molar-refractivity contribution >= 4 is 23.3 Å². The van der Waals surface area contributed by atoms with Gasteiger partial charge in [-0.3, -0.25) is 4.79 Å². The van der Waals surface area contributed by atoms with Crippen molar-refractivity contribution in [2.75, 3.05) is 17.7 Å². The topological polar surface area (TPSA) is 88.1 Å². The number of carbonyl (C=O) groups is 2. The summed E-state index contributed by atoms with van der Waals surface area (Å²) in [6.45, 7) is 1.85. The third-order valence-electron chi connectivity index (χ3n) is 3.88. The molecule has 3 rings (SSSR count). The van der Waals surface area contributed by atoms with Gasteiger partial charge in [-0.05, 0) is 43.3 Å². The van der Waals surface area contributed by atoms with Crippen molar-refractivity contribution in [1.82, 2.24) is 15.1 Å². The molecule has 0 fully saturated rings. The highest BCUT2D eigenvalue weighted by atomic mass is 16.2. The summed E-state index contributed by atoms with van der Waals surface area (Å²) < 4.78 is 1.73. The molecule has 132 valence electrons. The fraction of sp³-hybridized carbons (Fsp3) is 0.105. The number of amides is 3. The first-order valence-electron chi connectivity index (χ1n) is 8.08. The van der Waals surface area contributed by atoms with Crippen molar-refractivity contribution in [2.45, 2.75) is 6.92 Å². The molecule has 2 aromatic carbocycles. The molecule has 26 heavy (non-hydrogen) atoms. The number of urea groups is 1. The minimum Gasteiger partial charge on any atom is -0.341 e. The van der Waals surface area contributed by atoms with Crippen molar-refractivity contribution in [3.63, 3.8) is 0 Å². The Morgan fingerprint density at radius 2 is 1.54 bits per heavy atom. The number of para-hydroxylation sites is 1. The van der Waals surface area contributed by atoms with E-state index in [1.54, 1.807) is 42.2 Å². The van der Waals surface area contributed by atoms with Gasteiger partial charge in [0.1, 0.15) is 0 Å². The van der Waals surface area contributed by atoms with Crippen LogP contribution in [0.25, 0.3) is 5.69 Å². The summed E-state index contributed by atoms with van der Waals surface area (Å²) in [5.41, 5.74) is 3.42. The first-order chi connectivity index (χ1) is 12.6. The van der Waals surface area contributed by atoms with Crippen molar-refractivity contribution < 1.29 is 9.59 Å². The van der Waals surface area contributed by atoms with Gasteiger partial charge in [0.25, 0.3) is 5.91 Å². The van der Waals surface area contributed by atoms with Gasteiger partial charge in [-0.1, -0.05) is 18.2 Å². The van der Waals surface area contributed by atoms with E-state index in [9.17, 15) is 9.59 Å². The van der Waals surface area contributed by atoms with E-state index in [4.69, 9.17) is 0 Å². The first-order valence-corrected chi connectivity index (χ1v) is 8.08. The standard InChI is InChI=1S/C19H19N5O2/c1-13-17(12-21-24(13)16-6-4-3-5-7-16)18(25)22-14-8-10-15(11-9-14)23-19(26)20-2/h3-12H,1-2H3,(H,22,25)(H2,20,23,26). The molecular weight excluding hydrogens is 330 g/mol. The van der Waals surface area contributed by atoms with Crippen LogP contribution < -0.4 is 16.0 Å². The third-order valence-corrected chi connectivity index (χ3v) is 3.88. The van der Waals surface area contributed by atoms with Gasteiger partial charge in [-0.25, -0.2) is 9.48 Å². The summed E-state index contributed by atoms with van der Waals surface area (Å²) in [6, 6.07) is 16.2. The zero-order valence-corrected chi connectivity index (χ0v) is 14.5. The average Bonchev–Trinajstić information content (AvgIpc) is 3.05. The van der Waals surface area contributed by atoms with E-state index in [2.05, 4.69) is 21.0 Å². The van der Waals surface area contributed by atoms with Gasteiger partial charge in [0, 0.05) is 18.4 Å². The van der Waals surface area contributed by atoms with E-state index in [0.29, 0.717) is 16.9 Å². The van der Waals surface area contributed by atoms with E-state index >= 15 is 0 Å². The lowest BCUT2D eigenvalue weighted by atomic mass is 10.2. The molecule has 0 atom stereocenters. The summed E-state index contributed by atoms with van der Waals surface area (Å²) in [5.74, 6) is -0.239. The Balaban J connectivity index is 1.73. The van der Waals surface area contributed by atoms with Gasteiger partial charge in [-0.2, -0.15) is 5.10 Å². The Kier molecular flexibility index (Phi) is 4.98. The second kappa shape index (κ2) is 7.52. The molecule has 0 unspecified atom stereocenters. The number of hydrogen-bond acceptors (Lipinski definition) is 3. The van der Waals surface area contributed by atoms with E-state index in [-0.39, 0.29) is 11.9 Å². The van der Waals surface area contributed by atoms with Crippen LogP contribution >= 0.6 is 0 Å². The van der Waals surface area contributed by atoms with Gasteiger partial charge < -0.3 is 16.0 Å². The van der Waals surface area contributed by atoms with Crippen molar-refractivity contribution in [2.24, 2.45) is 0 Å². The molecule has 0 saturated heterocycles. The highest BCUT2D eigenvalue weighted by molar-refractivity contribution is 6.05. The van der Waals surface area contributed by atoms with Crippen LogP contribution in [0.15, 0.2) is 60.8 Å². The van der Waals surface area contributed by atoms with Gasteiger partial charge in [0.05, 0.1) is 23.1 Å². The molecule has 0 radical (unpaired) electrons. The molecule has 3 aromatic rings. The van der Waals surface area contributed by atoms with E-state index in [1.807, 2.05) is 37.3 Å². The molecule has 0 spiro atoms. The number of nitrogens with zero attached hydrogens (tertiary/aromatic N) is 2. The average molecular weight is 349 g/mol. The number of hydrogen-bond donors (Lipinski definition) is 3. The van der Waals surface area contributed by atoms with Crippen LogP contribution in [0.1, 0.15) is 16.1 Å². The highest BCUT2D eigenvalue weighted by Gasteiger charge is 2.15. The minimum atomic E-state index is -0.300. The predicted molar refractivity (Wildman–Crippen MR) is 101 cm³/mol. The maximum absolute atomic E-state index is 12.5. The largest absolute Gasteiger partial charge is 0.341 e. The highest BCUT2D eigenvalue weighted by Crippen LogP contribution is 2.17. The number of benzene rings is 2. The normalized spacial score (nSPS) is 10.2. The number of anilines is 2. The Hall–Kier alpha value is -3.61. The lowest BCUT2D eigenvalue weighted by Crippen LogP contribution is -2.24. The smallest absolute Gasteiger partial charge is 0.318 e. The monoisotopic (exact) mass is 349 g/mol. The molecule has 1 heterocycles. The molecular formula is C19H19N5O2. The van der Waals surface area contributed by atoms with Crippen LogP contribution in [-0.2, 0) is 0 Å². The fourth-order valence-electron chi connectivity index (χ4n) is 2.49. The maximum atomic E-state index is 12.5. The van der Waals surface area contributed by atoms with Crippen LogP contribution in [0.3, 0.4) is 0 Å². The van der Waals surface area contributed by atoms with Crippen LogP contribution in [-0.4, -0.2) is 28.8 Å². The summed E-state index contributed by atoms with van der Waals surface area (Å²) in [4.78, 5) is 23.8. The zero-order valence-electron chi connectivity index (χ0n) is 14.5. The number of aromatic nitrogens is 2. The van der Waals surface area contributed by atoms with Gasteiger partial charge in [-0.15, -0.1) is 0 Å². The van der Waals surface area contributed by atoms with E-state index < -0.39 is 0 Å². The molecule has 3 N–H and O–H groups in total. The predicted octanol–water partition coefficient (Wildman–Crippen LogP) is 3.18. The Bertz CT molecular complexity index is 917. The summed E-state index contributed by atoms with van der Waals surface area (Å²) in [5, 5.41) is 12.3. The second-order valence-corrected chi connectivity index (χ2v) is 5.63. The summed E-state index contributed by atoms with van der Waals surface area (Å²) in [6.07, 6.45) is 1.55. The van der Waals surface area contributed by atoms with Crippen molar-refractivity contribution in [3.05, 3.63) is 72.1 Å². The Labute approximate surface area is 151 Å². The number of nitrogens with one attached hydrogen (secondary N) is 3. The van der Waals surface area contributed by atoms with Crippen LogP contribution in [0.4, 0.5) is 16.2 Å². The van der Waals surface area contributed by atoms with Gasteiger partial charge >= 0.3 is 6.03 Å². The molecule has 0 aliphatic rings. The lowest BCUT2D eigenvalue weighted by Gasteiger charge is -2.08. The Morgan fingerprint density at radius 3 is 2.15 bits per heavy atom. The van der Waals surface area contributed by atoms with Crippen LogP contribution in [0.5, 0.6) is 0 Å². The van der Waals surface area contributed by atoms with E-state index in [0.717, 1.165) is 11.4 Å². The number of carbonyl (C=O) groups excluding carboxylic acids is 2. The van der Waals surface area contributed by atoms with E-state index in [1.165, 1.54) is 0 Å². The molecule has 1 aromatic heterocycles. The SMILES string of the molecule is CNC(=O)Nc1ccc(NC(=O)c2cnn(-c3ccccc3)c2C)cc1. The van der Waals surface area contributed by atoms with Gasteiger partial charge in [0.2, 0.25) is 0 Å². The molecule has 0 aliphatic carbocycles. The van der Waals surface area contributed by atoms with Crippen molar-refractivity contribution in [3.8, 4) is 5.69 Å². The molecule has 7 heteroatoms. The van der Waals surface area contributed by atoms with Crippen LogP contribution in [0.2, 0.25) is 0 Å². The molecule has 7 nitrogen and oxygen atoms in total. The molecule has 3 amide bonds. The maximum Gasteiger partial charge on any atom is 0.318 e. The molecule has 0 bridgehead atoms. The summed E-state index contributed by atoms with van der Waals surface area (Å²) >= 11 is 0. The first kappa shape index (κ1) is 17.2. The minimum absolute atomic E-state index is 0.239. The Morgan fingerprint density at radius 1 is 0.923 bits per heavy atom. The third kappa shape index (κ3) is 3.72. The van der Waals surface area contributed by atoms with Crippen LogP contribution in [0, 0.1) is 6.92 Å². The zero-order chi connectivity index (χ0) is 18.5. The second-order valence-electron chi connectivity index (χ2n) is 5.63.